The van der Waals surface area contributed by atoms with Gasteiger partial charge < -0.3 is 14.7 Å². The molecule has 4 rings (SSSR count). The molecule has 34 heavy (non-hydrogen) atoms. The van der Waals surface area contributed by atoms with E-state index in [1.54, 1.807) is 18.3 Å². The van der Waals surface area contributed by atoms with E-state index in [1.807, 2.05) is 60.7 Å². The van der Waals surface area contributed by atoms with Crippen molar-refractivity contribution in [3.05, 3.63) is 83.8 Å². The van der Waals surface area contributed by atoms with E-state index < -0.39 is 20.5 Å². The van der Waals surface area contributed by atoms with Crippen LogP contribution in [0.25, 0.3) is 23.1 Å². The highest BCUT2D eigenvalue weighted by molar-refractivity contribution is 7.99. The van der Waals surface area contributed by atoms with Gasteiger partial charge >= 0.3 is 7.82 Å². The number of aromatic amines is 1. The van der Waals surface area contributed by atoms with Gasteiger partial charge in [-0.1, -0.05) is 30.0 Å². The molecule has 11 heteroatoms. The molecule has 0 saturated carbocycles. The van der Waals surface area contributed by atoms with Crippen LogP contribution in [-0.4, -0.2) is 49.6 Å². The molecule has 0 aliphatic rings. The molecule has 0 atom stereocenters. The predicted molar refractivity (Wildman–Crippen MR) is 130 cm³/mol. The number of benzene rings is 2. The minimum absolute atomic E-state index is 0.396. The lowest BCUT2D eigenvalue weighted by molar-refractivity contribution is 0.0608. The lowest BCUT2D eigenvalue weighted by atomic mass is 10.2. The summed E-state index contributed by atoms with van der Waals surface area (Å²) in [4.78, 5) is 37.6. The smallest absolute Gasteiger partial charge is 0.318 e. The number of fused-ring (bicyclic) bond motifs is 1. The van der Waals surface area contributed by atoms with Crippen LogP contribution in [0.2, 0.25) is 0 Å². The third-order valence-electron chi connectivity index (χ3n) is 4.78. The molecule has 3 N–H and O–H groups in total. The maximum Gasteiger partial charge on any atom is 0.471 e. The summed E-state index contributed by atoms with van der Waals surface area (Å²) in [7, 11) is -3.27. The van der Waals surface area contributed by atoms with Gasteiger partial charge in [0.15, 0.2) is 0 Å². The van der Waals surface area contributed by atoms with E-state index >= 15 is 0 Å². The van der Waals surface area contributed by atoms with Crippen LogP contribution in [-0.2, 0) is 9.09 Å². The summed E-state index contributed by atoms with van der Waals surface area (Å²) in [5, 5.41) is 8.37. The van der Waals surface area contributed by atoms with Crippen molar-refractivity contribution in [3.8, 4) is 0 Å². The number of nitrogens with one attached hydrogen (secondary N) is 1. The summed E-state index contributed by atoms with van der Waals surface area (Å²) in [5.41, 5.74) is 2.87. The third kappa shape index (κ3) is 5.99. The van der Waals surface area contributed by atoms with Gasteiger partial charge in [0.1, 0.15) is 6.73 Å². The van der Waals surface area contributed by atoms with Gasteiger partial charge in [0.2, 0.25) is 0 Å². The molecule has 0 saturated heterocycles. The number of amides is 1. The summed E-state index contributed by atoms with van der Waals surface area (Å²) in [5.74, 6) is -0.416. The molecule has 2 heterocycles. The van der Waals surface area contributed by atoms with Crippen LogP contribution in [0.15, 0.2) is 76.7 Å². The van der Waals surface area contributed by atoms with Gasteiger partial charge in [0.05, 0.1) is 22.5 Å². The van der Waals surface area contributed by atoms with E-state index in [2.05, 4.69) is 19.7 Å². The van der Waals surface area contributed by atoms with Crippen LogP contribution in [0.3, 0.4) is 0 Å². The number of carbonyl (C=O) groups excluding carboxylic acids is 1. The Balaban J connectivity index is 1.53. The van der Waals surface area contributed by atoms with Crippen LogP contribution < -0.4 is 0 Å². The van der Waals surface area contributed by atoms with E-state index in [4.69, 9.17) is 9.79 Å². The molecule has 0 aliphatic carbocycles. The normalized spacial score (nSPS) is 11.9. The van der Waals surface area contributed by atoms with E-state index in [0.717, 1.165) is 32.1 Å². The largest absolute Gasteiger partial charge is 0.471 e. The Kier molecular flexibility index (Phi) is 7.26. The number of nitrogens with zero attached hydrogens (tertiary/aromatic N) is 3. The van der Waals surface area contributed by atoms with Crippen molar-refractivity contribution in [3.63, 3.8) is 0 Å². The minimum atomic E-state index is -4.68. The summed E-state index contributed by atoms with van der Waals surface area (Å²) >= 11 is 1.40. The molecule has 2 aromatic carbocycles. The first-order valence-electron chi connectivity index (χ1n) is 10.1. The fourth-order valence-electron chi connectivity index (χ4n) is 3.13. The molecule has 0 radical (unpaired) electrons. The van der Waals surface area contributed by atoms with Crippen molar-refractivity contribution < 1.29 is 23.7 Å². The standard InChI is InChI=1S/C23H21N4O5PS/c1-27(15-32-33(29,30)31)23(28)19-7-2-3-8-22(19)34-17-10-11-18-20(25-26-21(18)14-17)12-9-16-6-4-5-13-24-16/h2-14H,15H2,1H3,(H,25,26)(H2,29,30,31)/b12-9+. The first-order valence-corrected chi connectivity index (χ1v) is 12.4. The molecule has 0 fully saturated rings. The Morgan fingerprint density at radius 2 is 1.94 bits per heavy atom. The maximum absolute atomic E-state index is 12.8. The van der Waals surface area contributed by atoms with Crippen molar-refractivity contribution in [2.45, 2.75) is 9.79 Å². The molecule has 0 spiro atoms. The Bertz CT molecular complexity index is 1390. The van der Waals surface area contributed by atoms with Crippen LogP contribution in [0.1, 0.15) is 21.7 Å². The average molecular weight is 496 g/mol. The van der Waals surface area contributed by atoms with Gasteiger partial charge in [-0.25, -0.2) is 4.57 Å². The van der Waals surface area contributed by atoms with Gasteiger partial charge in [-0.05, 0) is 54.6 Å². The maximum atomic E-state index is 12.8. The summed E-state index contributed by atoms with van der Waals surface area (Å²) in [6.07, 6.45) is 5.53. The molecule has 0 bridgehead atoms. The zero-order valence-electron chi connectivity index (χ0n) is 18.0. The Morgan fingerprint density at radius 1 is 1.15 bits per heavy atom. The second kappa shape index (κ2) is 10.3. The second-order valence-electron chi connectivity index (χ2n) is 7.25. The second-order valence-corrected chi connectivity index (χ2v) is 9.61. The van der Waals surface area contributed by atoms with E-state index in [-0.39, 0.29) is 0 Å². The minimum Gasteiger partial charge on any atom is -0.318 e. The number of phosphoric ester groups is 1. The van der Waals surface area contributed by atoms with E-state index in [9.17, 15) is 9.36 Å². The van der Waals surface area contributed by atoms with Crippen LogP contribution >= 0.6 is 19.6 Å². The quantitative estimate of drug-likeness (QED) is 0.242. The van der Waals surface area contributed by atoms with Crippen LogP contribution in [0.5, 0.6) is 0 Å². The van der Waals surface area contributed by atoms with Crippen molar-refractivity contribution >= 4 is 48.5 Å². The number of rotatable bonds is 8. The highest BCUT2D eigenvalue weighted by Crippen LogP contribution is 2.36. The van der Waals surface area contributed by atoms with Crippen LogP contribution in [0.4, 0.5) is 0 Å². The molecule has 2 aromatic heterocycles. The highest BCUT2D eigenvalue weighted by atomic mass is 32.2. The Labute approximate surface area is 199 Å². The molecule has 0 aliphatic heterocycles. The first kappa shape index (κ1) is 23.9. The van der Waals surface area contributed by atoms with E-state index in [1.165, 1.54) is 18.8 Å². The fourth-order valence-corrected chi connectivity index (χ4v) is 4.44. The SMILES string of the molecule is CN(COP(=O)(O)O)C(=O)c1ccccc1Sc1ccc2c(/C=C/c3ccccn3)n[nH]c2c1. The monoisotopic (exact) mass is 496 g/mol. The number of aromatic nitrogens is 3. The number of H-pyrrole nitrogens is 1. The number of hydrogen-bond donors (Lipinski definition) is 3. The molecule has 4 aromatic rings. The average Bonchev–Trinajstić information content (AvgIpc) is 3.23. The highest BCUT2D eigenvalue weighted by Gasteiger charge is 2.20. The van der Waals surface area contributed by atoms with Crippen molar-refractivity contribution in [1.29, 1.82) is 0 Å². The Hall–Kier alpha value is -3.27. The third-order valence-corrected chi connectivity index (χ3v) is 6.29. The molecule has 1 amide bonds. The lowest BCUT2D eigenvalue weighted by Crippen LogP contribution is -2.29. The fraction of sp³-hybridized carbons (Fsp3) is 0.0870. The van der Waals surface area contributed by atoms with Gasteiger partial charge in [-0.15, -0.1) is 0 Å². The summed E-state index contributed by atoms with van der Waals surface area (Å²) in [6, 6.07) is 18.6. The molecular weight excluding hydrogens is 475 g/mol. The first-order chi connectivity index (χ1) is 16.3. The lowest BCUT2D eigenvalue weighted by Gasteiger charge is -2.19. The van der Waals surface area contributed by atoms with Crippen molar-refractivity contribution in [1.82, 2.24) is 20.1 Å². The summed E-state index contributed by atoms with van der Waals surface area (Å²) in [6.45, 7) is -0.531. The predicted octanol–water partition coefficient (Wildman–Crippen LogP) is 4.42. The van der Waals surface area contributed by atoms with Crippen molar-refractivity contribution in [2.24, 2.45) is 0 Å². The number of hydrogen-bond acceptors (Lipinski definition) is 6. The van der Waals surface area contributed by atoms with Crippen molar-refractivity contribution in [2.75, 3.05) is 13.8 Å². The summed E-state index contributed by atoms with van der Waals surface area (Å²) < 4.78 is 15.4. The molecule has 9 nitrogen and oxygen atoms in total. The van der Waals surface area contributed by atoms with Crippen LogP contribution in [0, 0.1) is 0 Å². The van der Waals surface area contributed by atoms with E-state index in [0.29, 0.717) is 10.5 Å². The Morgan fingerprint density at radius 3 is 2.71 bits per heavy atom. The topological polar surface area (TPSA) is 129 Å². The molecular formula is C23H21N4O5PS. The number of phosphoric acid groups is 1. The molecule has 0 unspecified atom stereocenters. The molecule has 174 valence electrons. The van der Waals surface area contributed by atoms with Gasteiger partial charge in [0.25, 0.3) is 5.91 Å². The number of pyridine rings is 1. The van der Waals surface area contributed by atoms with Gasteiger partial charge in [-0.3, -0.25) is 19.4 Å². The zero-order chi connectivity index (χ0) is 24.1. The van der Waals surface area contributed by atoms with Gasteiger partial charge in [0, 0.05) is 28.4 Å². The number of carbonyl (C=O) groups is 1. The zero-order valence-corrected chi connectivity index (χ0v) is 19.7. The van der Waals surface area contributed by atoms with Gasteiger partial charge in [-0.2, -0.15) is 5.10 Å².